The molecule has 1 unspecified atom stereocenters. The van der Waals surface area contributed by atoms with E-state index in [9.17, 15) is 14.9 Å². The molecule has 0 aromatic heterocycles. The van der Waals surface area contributed by atoms with Gasteiger partial charge in [0, 0.05) is 30.2 Å². The zero-order valence-electron chi connectivity index (χ0n) is 10.8. The molecule has 0 radical (unpaired) electrons. The predicted molar refractivity (Wildman–Crippen MR) is 73.7 cm³/mol. The van der Waals surface area contributed by atoms with E-state index in [1.807, 2.05) is 0 Å². The number of benzene rings is 1. The van der Waals surface area contributed by atoms with Crippen molar-refractivity contribution in [3.05, 3.63) is 46.2 Å². The normalized spacial score (nSPS) is 16.6. The number of nitro groups is 1. The fraction of sp³-hybridized carbons (Fsp3) is 0.231. The number of nitrogens with zero attached hydrogens (tertiary/aromatic N) is 2. The van der Waals surface area contributed by atoms with Crippen LogP contribution in [-0.4, -0.2) is 29.8 Å². The number of hydrogen-bond acceptors (Lipinski definition) is 6. The van der Waals surface area contributed by atoms with Gasteiger partial charge < -0.3 is 10.1 Å². The van der Waals surface area contributed by atoms with Crippen LogP contribution in [0.1, 0.15) is 6.92 Å². The molecule has 0 aliphatic carbocycles. The van der Waals surface area contributed by atoms with Gasteiger partial charge in [0.1, 0.15) is 6.04 Å². The van der Waals surface area contributed by atoms with Gasteiger partial charge in [-0.3, -0.25) is 15.1 Å². The Kier molecular flexibility index (Phi) is 4.09. The van der Waals surface area contributed by atoms with E-state index >= 15 is 0 Å². The fourth-order valence-electron chi connectivity index (χ4n) is 1.52. The molecule has 1 aromatic rings. The lowest BCUT2D eigenvalue weighted by molar-refractivity contribution is -0.384. The van der Waals surface area contributed by atoms with Crippen LogP contribution in [0.15, 0.2) is 41.0 Å². The summed E-state index contributed by atoms with van der Waals surface area (Å²) in [7, 11) is 0. The monoisotopic (exact) mass is 275 g/mol. The number of aliphatic imine (C=N–C) groups is 1. The largest absolute Gasteiger partial charge is 0.463 e. The smallest absolute Gasteiger partial charge is 0.338 e. The van der Waals surface area contributed by atoms with Crippen molar-refractivity contribution in [1.29, 1.82) is 0 Å². The molecule has 7 heteroatoms. The topological polar surface area (TPSA) is 93.8 Å². The van der Waals surface area contributed by atoms with Crippen molar-refractivity contribution in [2.45, 2.75) is 13.0 Å². The summed E-state index contributed by atoms with van der Waals surface area (Å²) in [6, 6.07) is 5.65. The van der Waals surface area contributed by atoms with Crippen LogP contribution in [0.3, 0.4) is 0 Å². The molecule has 0 saturated heterocycles. The van der Waals surface area contributed by atoms with Crippen LogP contribution in [0.5, 0.6) is 0 Å². The Morgan fingerprint density at radius 1 is 1.50 bits per heavy atom. The van der Waals surface area contributed by atoms with E-state index in [1.165, 1.54) is 18.3 Å². The van der Waals surface area contributed by atoms with Crippen LogP contribution in [0.4, 0.5) is 11.4 Å². The van der Waals surface area contributed by atoms with E-state index in [-0.39, 0.29) is 11.7 Å². The average Bonchev–Trinajstić information content (AvgIpc) is 3.24. The molecule has 1 heterocycles. The van der Waals surface area contributed by atoms with E-state index < -0.39 is 10.9 Å². The third kappa shape index (κ3) is 3.41. The van der Waals surface area contributed by atoms with Crippen molar-refractivity contribution in [1.82, 2.24) is 0 Å². The zero-order valence-corrected chi connectivity index (χ0v) is 10.8. The van der Waals surface area contributed by atoms with Gasteiger partial charge in [0.2, 0.25) is 0 Å². The zero-order chi connectivity index (χ0) is 14.5. The van der Waals surface area contributed by atoms with Crippen molar-refractivity contribution < 1.29 is 14.5 Å². The molecule has 1 aliphatic rings. The van der Waals surface area contributed by atoms with Gasteiger partial charge in [0.15, 0.2) is 0 Å². The number of esters is 1. The Morgan fingerprint density at radius 3 is 2.65 bits per heavy atom. The molecule has 0 amide bonds. The maximum absolute atomic E-state index is 11.7. The Hall–Kier alpha value is -2.70. The Morgan fingerprint density at radius 2 is 2.15 bits per heavy atom. The predicted octanol–water partition coefficient (Wildman–Crippen LogP) is 1.91. The van der Waals surface area contributed by atoms with Crippen molar-refractivity contribution in [3.63, 3.8) is 0 Å². The minimum Gasteiger partial charge on any atom is -0.463 e. The van der Waals surface area contributed by atoms with E-state index in [4.69, 9.17) is 4.74 Å². The van der Waals surface area contributed by atoms with Crippen molar-refractivity contribution in [2.24, 2.45) is 4.99 Å². The first kappa shape index (κ1) is 13.7. The van der Waals surface area contributed by atoms with E-state index in [2.05, 4.69) is 10.3 Å². The number of non-ortho nitro benzene ring substituents is 1. The van der Waals surface area contributed by atoms with Gasteiger partial charge in [0.05, 0.1) is 17.1 Å². The molecule has 20 heavy (non-hydrogen) atoms. The SMILES string of the molecule is CCOC(=O)/C(=C/Nc1ccc([N+](=O)[O-])cc1)C1C=N1. The fourth-order valence-corrected chi connectivity index (χ4v) is 1.52. The molecule has 2 rings (SSSR count). The molecule has 1 aromatic carbocycles. The Bertz CT molecular complexity index is 572. The van der Waals surface area contributed by atoms with Crippen molar-refractivity contribution >= 4 is 23.6 Å². The molecule has 0 saturated carbocycles. The lowest BCUT2D eigenvalue weighted by atomic mass is 10.2. The van der Waals surface area contributed by atoms with Crippen LogP contribution in [0.2, 0.25) is 0 Å². The van der Waals surface area contributed by atoms with Gasteiger partial charge in [-0.05, 0) is 19.1 Å². The number of nitrogens with one attached hydrogen (secondary N) is 1. The van der Waals surface area contributed by atoms with Crippen molar-refractivity contribution in [3.8, 4) is 0 Å². The van der Waals surface area contributed by atoms with E-state index in [0.717, 1.165) is 0 Å². The summed E-state index contributed by atoms with van der Waals surface area (Å²) < 4.78 is 4.93. The average molecular weight is 275 g/mol. The number of hydrogen-bond donors (Lipinski definition) is 1. The summed E-state index contributed by atoms with van der Waals surface area (Å²) in [6.07, 6.45) is 3.15. The second-order valence-corrected chi connectivity index (χ2v) is 4.01. The summed E-state index contributed by atoms with van der Waals surface area (Å²) in [5.41, 5.74) is 1.05. The van der Waals surface area contributed by atoms with Crippen molar-refractivity contribution in [2.75, 3.05) is 11.9 Å². The van der Waals surface area contributed by atoms with Crippen LogP contribution >= 0.6 is 0 Å². The standard InChI is InChI=1S/C13H13N3O4/c1-2-20-13(17)11(12-8-15-12)7-14-9-3-5-10(6-4-9)16(18)19/h3-8,12,14H,2H2,1H3/b11-7+. The minimum atomic E-state index is -0.471. The number of nitro benzene ring substituents is 1. The quantitative estimate of drug-likeness (QED) is 0.370. The van der Waals surface area contributed by atoms with Gasteiger partial charge in [-0.2, -0.15) is 0 Å². The number of anilines is 1. The van der Waals surface area contributed by atoms with Crippen LogP contribution < -0.4 is 5.32 Å². The molecule has 7 nitrogen and oxygen atoms in total. The number of ether oxygens (including phenoxy) is 1. The number of carbonyl (C=O) groups excluding carboxylic acids is 1. The summed E-state index contributed by atoms with van der Waals surface area (Å²) in [5, 5.41) is 13.4. The Labute approximate surface area is 115 Å². The first-order chi connectivity index (χ1) is 9.61. The van der Waals surface area contributed by atoms with Crippen LogP contribution in [-0.2, 0) is 9.53 Å². The van der Waals surface area contributed by atoms with E-state index in [0.29, 0.717) is 17.9 Å². The van der Waals surface area contributed by atoms with E-state index in [1.54, 1.807) is 25.3 Å². The third-order valence-corrected chi connectivity index (χ3v) is 2.60. The minimum absolute atomic E-state index is 0.00988. The summed E-state index contributed by atoms with van der Waals surface area (Å²) in [5.74, 6) is -0.426. The molecule has 1 aliphatic heterocycles. The summed E-state index contributed by atoms with van der Waals surface area (Å²) in [6.45, 7) is 2.02. The van der Waals surface area contributed by atoms with Gasteiger partial charge in [-0.1, -0.05) is 0 Å². The van der Waals surface area contributed by atoms with Crippen LogP contribution in [0, 0.1) is 10.1 Å². The van der Waals surface area contributed by atoms with Crippen LogP contribution in [0.25, 0.3) is 0 Å². The molecule has 1 atom stereocenters. The van der Waals surface area contributed by atoms with Gasteiger partial charge >= 0.3 is 5.97 Å². The highest BCUT2D eigenvalue weighted by atomic mass is 16.6. The lowest BCUT2D eigenvalue weighted by Gasteiger charge is -2.06. The second kappa shape index (κ2) is 5.96. The maximum Gasteiger partial charge on any atom is 0.338 e. The molecule has 0 fully saturated rings. The lowest BCUT2D eigenvalue weighted by Crippen LogP contribution is -2.14. The third-order valence-electron chi connectivity index (χ3n) is 2.60. The molecular formula is C13H13N3O4. The first-order valence-electron chi connectivity index (χ1n) is 6.03. The molecular weight excluding hydrogens is 262 g/mol. The highest BCUT2D eigenvalue weighted by Crippen LogP contribution is 2.18. The highest BCUT2D eigenvalue weighted by molar-refractivity contribution is 6.00. The summed E-state index contributed by atoms with van der Waals surface area (Å²) in [4.78, 5) is 25.7. The molecule has 104 valence electrons. The summed E-state index contributed by atoms with van der Waals surface area (Å²) >= 11 is 0. The molecule has 0 spiro atoms. The maximum atomic E-state index is 11.7. The highest BCUT2D eigenvalue weighted by Gasteiger charge is 2.26. The van der Waals surface area contributed by atoms with Gasteiger partial charge in [0.25, 0.3) is 5.69 Å². The molecule has 1 N–H and O–H groups in total. The van der Waals surface area contributed by atoms with Gasteiger partial charge in [-0.15, -0.1) is 0 Å². The molecule has 0 bridgehead atoms. The number of rotatable bonds is 6. The Balaban J connectivity index is 2.05. The van der Waals surface area contributed by atoms with Gasteiger partial charge in [-0.25, -0.2) is 4.79 Å². The number of carbonyl (C=O) groups is 1. The second-order valence-electron chi connectivity index (χ2n) is 4.01. The first-order valence-corrected chi connectivity index (χ1v) is 6.03.